The van der Waals surface area contributed by atoms with E-state index in [1.807, 2.05) is 32.0 Å². The summed E-state index contributed by atoms with van der Waals surface area (Å²) < 4.78 is 44.9. The zero-order valence-corrected chi connectivity index (χ0v) is 22.2. The minimum atomic E-state index is -4.12. The number of ether oxygens (including phenoxy) is 1. The number of aromatic nitrogens is 3. The molecular weight excluding hydrogens is 545 g/mol. The van der Waals surface area contributed by atoms with Crippen LogP contribution < -0.4 is 5.14 Å². The third-order valence-electron chi connectivity index (χ3n) is 5.91. The van der Waals surface area contributed by atoms with Crippen LogP contribution in [0.4, 0.5) is 4.39 Å². The second-order valence-corrected chi connectivity index (χ2v) is 10.5. The topological polar surface area (TPSA) is 170 Å². The Kier molecular flexibility index (Phi) is 8.21. The summed E-state index contributed by atoms with van der Waals surface area (Å²) in [4.78, 5) is 31.3. The van der Waals surface area contributed by atoms with Gasteiger partial charge in [0.15, 0.2) is 12.4 Å². The molecule has 4 rings (SSSR count). The Morgan fingerprint density at radius 3 is 2.45 bits per heavy atom. The number of hydrogen-bond donors (Lipinski definition) is 1. The summed E-state index contributed by atoms with van der Waals surface area (Å²) in [6.07, 6.45) is 0.262. The van der Waals surface area contributed by atoms with Crippen molar-refractivity contribution >= 4 is 16.0 Å². The second kappa shape index (κ2) is 11.6. The fraction of sp³-hybridized carbons (Fsp3) is 0.192. The van der Waals surface area contributed by atoms with Gasteiger partial charge in [-0.15, -0.1) is 15.2 Å². The number of nitrogens with zero attached hydrogens (tertiary/aromatic N) is 4. The standard InChI is InChI=1S/C26H24FN5O7S/c1-16-3-4-17(2)20(11-16)12-25-29-24(30-31(25)23-10-9-21(13-22(23)27)40(28,36)37)15-38-26(33)19-7-5-18(6-8-19)14-39-32(34)35/h3-11,13H,12,14-15H2,1-2H3,(H2,28,36,37). The fourth-order valence-electron chi connectivity index (χ4n) is 3.84. The van der Waals surface area contributed by atoms with Crippen molar-refractivity contribution in [2.24, 2.45) is 5.14 Å². The molecule has 0 aliphatic heterocycles. The minimum Gasteiger partial charge on any atom is -0.454 e. The molecule has 0 aliphatic carbocycles. The van der Waals surface area contributed by atoms with Crippen LogP contribution in [0.25, 0.3) is 5.69 Å². The molecule has 0 atom stereocenters. The first-order chi connectivity index (χ1) is 18.9. The molecule has 3 aromatic carbocycles. The SMILES string of the molecule is Cc1ccc(C)c(Cc2nc(COC(=O)c3ccc(CO[N+](=O)[O-])cc3)nn2-c2ccc(S(N)(=O)=O)cc2F)c1. The molecule has 14 heteroatoms. The van der Waals surface area contributed by atoms with Crippen LogP contribution in [-0.4, -0.2) is 34.2 Å². The summed E-state index contributed by atoms with van der Waals surface area (Å²) in [6.45, 7) is 3.26. The zero-order valence-electron chi connectivity index (χ0n) is 21.4. The van der Waals surface area contributed by atoms with Crippen molar-refractivity contribution in [2.45, 2.75) is 38.4 Å². The third kappa shape index (κ3) is 6.84. The Morgan fingerprint density at radius 1 is 1.07 bits per heavy atom. The van der Waals surface area contributed by atoms with Gasteiger partial charge in [0.05, 0.1) is 10.5 Å². The predicted octanol–water partition coefficient (Wildman–Crippen LogP) is 3.33. The smallest absolute Gasteiger partial charge is 0.338 e. The molecular formula is C26H24FN5O7S. The van der Waals surface area contributed by atoms with Crippen molar-refractivity contribution in [3.8, 4) is 5.69 Å². The van der Waals surface area contributed by atoms with Gasteiger partial charge in [-0.05, 0) is 60.9 Å². The number of primary sulfonamides is 1. The highest BCUT2D eigenvalue weighted by molar-refractivity contribution is 7.89. The molecule has 40 heavy (non-hydrogen) atoms. The van der Waals surface area contributed by atoms with Gasteiger partial charge < -0.3 is 9.57 Å². The quantitative estimate of drug-likeness (QED) is 0.171. The van der Waals surface area contributed by atoms with Crippen LogP contribution in [0.3, 0.4) is 0 Å². The molecule has 0 bridgehead atoms. The molecule has 1 aromatic heterocycles. The highest BCUT2D eigenvalue weighted by atomic mass is 32.2. The Hall–Kier alpha value is -4.69. The van der Waals surface area contributed by atoms with E-state index in [2.05, 4.69) is 14.9 Å². The highest BCUT2D eigenvalue weighted by Gasteiger charge is 2.20. The summed E-state index contributed by atoms with van der Waals surface area (Å²) in [5.74, 6) is -1.17. The summed E-state index contributed by atoms with van der Waals surface area (Å²) >= 11 is 0. The van der Waals surface area contributed by atoms with Gasteiger partial charge in [0, 0.05) is 6.42 Å². The first-order valence-electron chi connectivity index (χ1n) is 11.8. The molecule has 0 spiro atoms. The monoisotopic (exact) mass is 569 g/mol. The Balaban J connectivity index is 1.60. The van der Waals surface area contributed by atoms with E-state index in [1.165, 1.54) is 35.0 Å². The van der Waals surface area contributed by atoms with E-state index in [4.69, 9.17) is 9.88 Å². The molecule has 0 aliphatic rings. The average Bonchev–Trinajstić information content (AvgIpc) is 3.30. The number of nitrogens with two attached hydrogens (primary N) is 1. The summed E-state index contributed by atoms with van der Waals surface area (Å²) in [5.41, 5.74) is 3.51. The fourth-order valence-corrected chi connectivity index (χ4v) is 4.36. The number of hydrogen-bond acceptors (Lipinski definition) is 9. The second-order valence-electron chi connectivity index (χ2n) is 8.89. The van der Waals surface area contributed by atoms with Crippen LogP contribution >= 0.6 is 0 Å². The van der Waals surface area contributed by atoms with Crippen LogP contribution in [-0.2, 0) is 39.2 Å². The van der Waals surface area contributed by atoms with E-state index in [0.29, 0.717) is 11.4 Å². The number of benzene rings is 3. The third-order valence-corrected chi connectivity index (χ3v) is 6.82. The van der Waals surface area contributed by atoms with Crippen LogP contribution in [0.1, 0.15) is 44.3 Å². The molecule has 0 saturated heterocycles. The summed E-state index contributed by atoms with van der Waals surface area (Å²) in [6, 6.07) is 14.9. The maximum Gasteiger partial charge on any atom is 0.338 e. The minimum absolute atomic E-state index is 0.0645. The maximum absolute atomic E-state index is 15.1. The molecule has 1 heterocycles. The van der Waals surface area contributed by atoms with Gasteiger partial charge in [0.2, 0.25) is 10.0 Å². The van der Waals surface area contributed by atoms with Gasteiger partial charge in [0.25, 0.3) is 5.09 Å². The lowest BCUT2D eigenvalue weighted by Crippen LogP contribution is -2.13. The number of aryl methyl sites for hydroxylation is 2. The molecule has 2 N–H and O–H groups in total. The number of halogens is 1. The van der Waals surface area contributed by atoms with Crippen molar-refractivity contribution in [2.75, 3.05) is 0 Å². The summed E-state index contributed by atoms with van der Waals surface area (Å²) in [7, 11) is -4.12. The van der Waals surface area contributed by atoms with Crippen molar-refractivity contribution in [1.82, 2.24) is 14.8 Å². The van der Waals surface area contributed by atoms with Gasteiger partial charge in [-0.1, -0.05) is 35.9 Å². The van der Waals surface area contributed by atoms with E-state index < -0.39 is 31.8 Å². The first-order valence-corrected chi connectivity index (χ1v) is 13.3. The van der Waals surface area contributed by atoms with E-state index in [-0.39, 0.29) is 36.7 Å². The first kappa shape index (κ1) is 28.3. The molecule has 0 fully saturated rings. The van der Waals surface area contributed by atoms with Crippen molar-refractivity contribution in [3.63, 3.8) is 0 Å². The lowest BCUT2D eigenvalue weighted by Gasteiger charge is -2.10. The number of carbonyl (C=O) groups excluding carboxylic acids is 1. The van der Waals surface area contributed by atoms with Crippen LogP contribution in [0.2, 0.25) is 0 Å². The number of sulfonamides is 1. The Bertz CT molecular complexity index is 1690. The van der Waals surface area contributed by atoms with Crippen LogP contribution in [0.15, 0.2) is 65.6 Å². The van der Waals surface area contributed by atoms with Gasteiger partial charge >= 0.3 is 5.97 Å². The molecule has 0 saturated carbocycles. The average molecular weight is 570 g/mol. The molecule has 208 valence electrons. The van der Waals surface area contributed by atoms with E-state index in [0.717, 1.165) is 28.8 Å². The van der Waals surface area contributed by atoms with Gasteiger partial charge in [-0.2, -0.15) is 0 Å². The Morgan fingerprint density at radius 2 is 1.80 bits per heavy atom. The molecule has 0 amide bonds. The lowest BCUT2D eigenvalue weighted by atomic mass is 10.0. The van der Waals surface area contributed by atoms with Crippen molar-refractivity contribution in [1.29, 1.82) is 0 Å². The molecule has 4 aromatic rings. The van der Waals surface area contributed by atoms with Gasteiger partial charge in [-0.25, -0.2) is 32.4 Å². The summed E-state index contributed by atoms with van der Waals surface area (Å²) in [5, 5.41) is 18.9. The molecule has 0 unspecified atom stereocenters. The van der Waals surface area contributed by atoms with E-state index >= 15 is 4.39 Å². The van der Waals surface area contributed by atoms with Crippen LogP contribution in [0.5, 0.6) is 0 Å². The largest absolute Gasteiger partial charge is 0.454 e. The van der Waals surface area contributed by atoms with Gasteiger partial charge in [-0.3, -0.25) is 0 Å². The molecule has 12 nitrogen and oxygen atoms in total. The van der Waals surface area contributed by atoms with Crippen molar-refractivity contribution in [3.05, 3.63) is 116 Å². The van der Waals surface area contributed by atoms with Gasteiger partial charge in [0.1, 0.15) is 23.9 Å². The maximum atomic E-state index is 15.1. The number of esters is 1. The Labute approximate surface area is 228 Å². The predicted molar refractivity (Wildman–Crippen MR) is 139 cm³/mol. The van der Waals surface area contributed by atoms with Crippen LogP contribution in [0, 0.1) is 29.8 Å². The number of carbonyl (C=O) groups is 1. The normalized spacial score (nSPS) is 11.3. The van der Waals surface area contributed by atoms with E-state index in [1.54, 1.807) is 0 Å². The highest BCUT2D eigenvalue weighted by Crippen LogP contribution is 2.22. The van der Waals surface area contributed by atoms with Crippen molar-refractivity contribution < 1.29 is 32.3 Å². The molecule has 0 radical (unpaired) electrons. The van der Waals surface area contributed by atoms with E-state index in [9.17, 15) is 23.3 Å². The lowest BCUT2D eigenvalue weighted by molar-refractivity contribution is -0.763. The zero-order chi connectivity index (χ0) is 29.0. The number of rotatable bonds is 10.